The molecule has 1 heterocycles. The van der Waals surface area contributed by atoms with Gasteiger partial charge in [-0.15, -0.1) is 11.3 Å². The summed E-state index contributed by atoms with van der Waals surface area (Å²) in [5.41, 5.74) is 8.62. The van der Waals surface area contributed by atoms with Crippen LogP contribution in [0.5, 0.6) is 0 Å². The Morgan fingerprint density at radius 2 is 1.78 bits per heavy atom. The highest BCUT2D eigenvalue weighted by atomic mass is 32.2. The summed E-state index contributed by atoms with van der Waals surface area (Å²) >= 11 is 1.35. The highest BCUT2D eigenvalue weighted by Crippen LogP contribution is 2.31. The largest absolute Gasteiger partial charge is 0.397 e. The fourth-order valence-corrected chi connectivity index (χ4v) is 5.61. The Balaban J connectivity index is 1.62. The van der Waals surface area contributed by atoms with Crippen molar-refractivity contribution in [3.8, 4) is 11.1 Å². The van der Waals surface area contributed by atoms with Crippen LogP contribution >= 0.6 is 11.3 Å². The molecule has 1 amide bonds. The number of halogens is 1. The van der Waals surface area contributed by atoms with Crippen LogP contribution in [0, 0.1) is 5.82 Å². The van der Waals surface area contributed by atoms with Gasteiger partial charge < -0.3 is 11.1 Å². The van der Waals surface area contributed by atoms with Gasteiger partial charge >= 0.3 is 0 Å². The minimum Gasteiger partial charge on any atom is -0.397 e. The first-order chi connectivity index (χ1) is 15.3. The monoisotopic (exact) mass is 467 g/mol. The zero-order valence-electron chi connectivity index (χ0n) is 17.6. The second-order valence-corrected chi connectivity index (χ2v) is 10.7. The zero-order chi connectivity index (χ0) is 22.9. The van der Waals surface area contributed by atoms with Gasteiger partial charge in [-0.2, -0.15) is 0 Å². The summed E-state index contributed by atoms with van der Waals surface area (Å²) in [4.78, 5) is 14.1. The highest BCUT2D eigenvalue weighted by Gasteiger charge is 2.15. The van der Waals surface area contributed by atoms with Gasteiger partial charge in [-0.3, -0.25) is 4.79 Å². The summed E-state index contributed by atoms with van der Waals surface area (Å²) in [6.45, 7) is 2.33. The van der Waals surface area contributed by atoms with Gasteiger partial charge in [-0.25, -0.2) is 13.0 Å². The lowest BCUT2D eigenvalue weighted by atomic mass is 10.0. The molecule has 3 N–H and O–H groups in total. The molecule has 0 fully saturated rings. The molecule has 1 atom stereocenters. The van der Waals surface area contributed by atoms with Crippen LogP contribution in [-0.2, 0) is 9.73 Å². The van der Waals surface area contributed by atoms with Crippen molar-refractivity contribution in [2.45, 2.75) is 11.8 Å². The normalized spacial score (nSPS) is 13.0. The number of fused-ring (bicyclic) bond motifs is 1. The summed E-state index contributed by atoms with van der Waals surface area (Å²) < 4.78 is 31.1. The molecule has 0 aliphatic carbocycles. The lowest BCUT2D eigenvalue weighted by Gasteiger charge is -2.10. The number of hydrogen-bond acceptors (Lipinski definition) is 5. The second-order valence-electron chi connectivity index (χ2n) is 7.32. The summed E-state index contributed by atoms with van der Waals surface area (Å²) in [5.74, 6) is -0.598. The van der Waals surface area contributed by atoms with Crippen molar-refractivity contribution in [2.24, 2.45) is 4.36 Å². The van der Waals surface area contributed by atoms with Crippen LogP contribution in [-0.4, -0.2) is 22.9 Å². The number of nitrogens with one attached hydrogen (secondary N) is 1. The van der Waals surface area contributed by atoms with Crippen LogP contribution in [0.25, 0.3) is 21.2 Å². The van der Waals surface area contributed by atoms with Crippen molar-refractivity contribution in [1.82, 2.24) is 0 Å². The maximum atomic E-state index is 13.2. The van der Waals surface area contributed by atoms with E-state index >= 15 is 0 Å². The van der Waals surface area contributed by atoms with E-state index in [1.807, 2.05) is 25.1 Å². The molecule has 0 bridgehead atoms. The smallest absolute Gasteiger partial charge is 0.265 e. The topological polar surface area (TPSA) is 84.5 Å². The van der Waals surface area contributed by atoms with E-state index in [0.29, 0.717) is 27.7 Å². The third-order valence-electron chi connectivity index (χ3n) is 5.00. The first-order valence-electron chi connectivity index (χ1n) is 9.95. The Morgan fingerprint density at radius 3 is 2.50 bits per heavy atom. The van der Waals surface area contributed by atoms with Gasteiger partial charge in [0.15, 0.2) is 0 Å². The molecule has 4 rings (SSSR count). The maximum absolute atomic E-state index is 13.2. The molecule has 0 aliphatic rings. The number of hydrogen-bond donors (Lipinski definition) is 2. The van der Waals surface area contributed by atoms with Crippen molar-refractivity contribution in [3.05, 3.63) is 77.4 Å². The number of carbonyl (C=O) groups is 1. The van der Waals surface area contributed by atoms with E-state index in [4.69, 9.17) is 5.73 Å². The van der Waals surface area contributed by atoms with Gasteiger partial charge in [0.05, 0.1) is 26.0 Å². The van der Waals surface area contributed by atoms with Crippen molar-refractivity contribution in [1.29, 1.82) is 0 Å². The Hall–Kier alpha value is -3.23. The number of benzene rings is 3. The molecule has 4 aromatic rings. The van der Waals surface area contributed by atoms with Crippen molar-refractivity contribution in [3.63, 3.8) is 0 Å². The molecule has 164 valence electrons. The van der Waals surface area contributed by atoms with Crippen LogP contribution in [0.1, 0.15) is 16.6 Å². The summed E-state index contributed by atoms with van der Waals surface area (Å²) in [7, 11) is -2.46. The number of carbonyl (C=O) groups excluding carboxylic acids is 1. The molecular weight excluding hydrogens is 445 g/mol. The van der Waals surface area contributed by atoms with E-state index in [0.717, 1.165) is 21.2 Å². The van der Waals surface area contributed by atoms with Gasteiger partial charge in [0.2, 0.25) is 0 Å². The molecule has 0 saturated carbocycles. The van der Waals surface area contributed by atoms with Crippen LogP contribution < -0.4 is 11.1 Å². The molecule has 3 aromatic carbocycles. The Labute approximate surface area is 190 Å². The van der Waals surface area contributed by atoms with Crippen LogP contribution in [0.15, 0.2) is 76.0 Å². The average molecular weight is 468 g/mol. The van der Waals surface area contributed by atoms with E-state index in [-0.39, 0.29) is 11.7 Å². The highest BCUT2D eigenvalue weighted by molar-refractivity contribution is 7.93. The predicted molar refractivity (Wildman–Crippen MR) is 131 cm³/mol. The minimum atomic E-state index is -2.46. The maximum Gasteiger partial charge on any atom is 0.265 e. The molecule has 8 heteroatoms. The van der Waals surface area contributed by atoms with Gasteiger partial charge in [0, 0.05) is 22.4 Å². The van der Waals surface area contributed by atoms with E-state index in [1.165, 1.54) is 23.5 Å². The third kappa shape index (κ3) is 4.51. The Bertz CT molecular complexity index is 1440. The quantitative estimate of drug-likeness (QED) is 0.352. The molecule has 1 aromatic heterocycles. The Kier molecular flexibility index (Phi) is 5.99. The first kappa shape index (κ1) is 22.0. The summed E-state index contributed by atoms with van der Waals surface area (Å²) in [6.07, 6.45) is 1.62. The van der Waals surface area contributed by atoms with E-state index in [1.54, 1.807) is 42.7 Å². The van der Waals surface area contributed by atoms with Crippen molar-refractivity contribution in [2.75, 3.05) is 23.9 Å². The summed E-state index contributed by atoms with van der Waals surface area (Å²) in [5, 5.41) is 3.71. The summed E-state index contributed by atoms with van der Waals surface area (Å²) in [6, 6.07) is 18.7. The van der Waals surface area contributed by atoms with Gasteiger partial charge in [-0.05, 0) is 72.0 Å². The number of amides is 1. The first-order valence-corrected chi connectivity index (χ1v) is 12.7. The van der Waals surface area contributed by atoms with E-state index < -0.39 is 9.73 Å². The van der Waals surface area contributed by atoms with E-state index in [9.17, 15) is 13.4 Å². The molecule has 0 aliphatic heterocycles. The Morgan fingerprint density at radius 1 is 1.06 bits per heavy atom. The van der Waals surface area contributed by atoms with Gasteiger partial charge in [0.1, 0.15) is 5.82 Å². The number of thiophene rings is 1. The molecule has 0 spiro atoms. The predicted octanol–water partition coefficient (Wildman–Crippen LogP) is 6.02. The number of rotatable bonds is 5. The van der Waals surface area contributed by atoms with Crippen molar-refractivity contribution < 1.29 is 13.4 Å². The third-order valence-corrected chi connectivity index (χ3v) is 8.00. The molecule has 1 unspecified atom stereocenters. The standard InChI is InChI=1S/C24H22FN3O2S2/c1-3-27-32(2,30)19-9-11-22-17(12-19)14-23(31-22)24(29)28-21-13-16(6-10-20(21)26)15-4-7-18(25)8-5-15/h4-14H,3,26H2,1-2H3,(H,28,29). The number of nitrogens with two attached hydrogens (primary N) is 1. The molecule has 0 saturated heterocycles. The molecular formula is C24H22FN3O2S2. The van der Waals surface area contributed by atoms with Gasteiger partial charge in [-0.1, -0.05) is 18.2 Å². The lowest BCUT2D eigenvalue weighted by Crippen LogP contribution is -2.11. The lowest BCUT2D eigenvalue weighted by molar-refractivity contribution is 0.103. The zero-order valence-corrected chi connectivity index (χ0v) is 19.2. The average Bonchev–Trinajstić information content (AvgIpc) is 3.19. The molecule has 5 nitrogen and oxygen atoms in total. The number of anilines is 2. The second kappa shape index (κ2) is 8.72. The SMILES string of the molecule is CCN=S(C)(=O)c1ccc2sc(C(=O)Nc3cc(-c4ccc(F)cc4)ccc3N)cc2c1. The fraction of sp³-hybridized carbons (Fsp3) is 0.125. The van der Waals surface area contributed by atoms with Crippen molar-refractivity contribution >= 4 is 48.4 Å². The van der Waals surface area contributed by atoms with Gasteiger partial charge in [0.25, 0.3) is 5.91 Å². The molecule has 0 radical (unpaired) electrons. The number of nitrogen functional groups attached to an aromatic ring is 1. The minimum absolute atomic E-state index is 0.286. The van der Waals surface area contributed by atoms with Crippen LogP contribution in [0.4, 0.5) is 15.8 Å². The van der Waals surface area contributed by atoms with E-state index in [2.05, 4.69) is 9.68 Å². The number of nitrogens with zero attached hydrogens (tertiary/aromatic N) is 1. The fourth-order valence-electron chi connectivity index (χ4n) is 3.36. The molecule has 32 heavy (non-hydrogen) atoms. The van der Waals surface area contributed by atoms with Crippen LogP contribution in [0.3, 0.4) is 0 Å². The van der Waals surface area contributed by atoms with Crippen LogP contribution in [0.2, 0.25) is 0 Å².